The van der Waals surface area contributed by atoms with Gasteiger partial charge in [0.1, 0.15) is 0 Å². The first-order valence-corrected chi connectivity index (χ1v) is 4.73. The molecule has 1 nitrogen and oxygen atoms in total. The molecule has 0 aliphatic heterocycles. The molecule has 0 heterocycles. The van der Waals surface area contributed by atoms with Crippen molar-refractivity contribution in [2.45, 2.75) is 0 Å². The van der Waals surface area contributed by atoms with Crippen molar-refractivity contribution in [2.24, 2.45) is 0 Å². The molecule has 0 bridgehead atoms. The van der Waals surface area contributed by atoms with Crippen molar-refractivity contribution in [3.05, 3.63) is 36.4 Å². The molecular weight excluding hydrogens is 177 g/mol. The topological polar surface area (TPSA) is 3.24 Å². The second kappa shape index (κ2) is 6.82. The number of benzene rings is 1. The van der Waals surface area contributed by atoms with Crippen LogP contribution in [0.2, 0.25) is 0 Å². The second-order valence-electron chi connectivity index (χ2n) is 3.21. The Morgan fingerprint density at radius 2 is 1.54 bits per heavy atom. The molecule has 0 spiro atoms. The normalized spacial score (nSPS) is 9.00. The Balaban J connectivity index is 0.000000310. The number of rotatable bonds is 1. The lowest BCUT2D eigenvalue weighted by Gasteiger charge is -1.91. The largest absolute Gasteiger partial charge is 0.312 e. The quantitative estimate of drug-likeness (QED) is 0.619. The summed E-state index contributed by atoms with van der Waals surface area (Å²) >= 11 is 0. The Labute approximate surface area is 83.7 Å². The lowest BCUT2D eigenvalue weighted by Crippen LogP contribution is -1.99. The molecule has 1 aromatic rings. The molecule has 0 saturated heterocycles. The highest BCUT2D eigenvalue weighted by Crippen LogP contribution is 1.99. The van der Waals surface area contributed by atoms with Gasteiger partial charge in [0.15, 0.2) is 0 Å². The van der Waals surface area contributed by atoms with Gasteiger partial charge in [0.05, 0.1) is 0 Å². The molecule has 0 radical (unpaired) electrons. The average Bonchev–Trinajstić information content (AvgIpc) is 2.05. The van der Waals surface area contributed by atoms with E-state index in [1.54, 1.807) is 0 Å². The summed E-state index contributed by atoms with van der Waals surface area (Å²) in [7, 11) is 8.64. The molecule has 1 aromatic carbocycles. The number of hydrogen-bond acceptors (Lipinski definition) is 1. The molecule has 1 rings (SSSR count). The minimum absolute atomic E-state index is 1.17. The maximum Gasteiger partial charge on any atom is -0.0140 e. The zero-order valence-electron chi connectivity index (χ0n) is 8.62. The fourth-order valence-corrected chi connectivity index (χ4v) is 0.825. The van der Waals surface area contributed by atoms with Crippen LogP contribution in [0.3, 0.4) is 0 Å². The Morgan fingerprint density at radius 3 is 1.85 bits per heavy atom. The van der Waals surface area contributed by atoms with Gasteiger partial charge < -0.3 is 4.90 Å². The smallest absolute Gasteiger partial charge is 0.0140 e. The molecule has 0 aromatic heterocycles. The van der Waals surface area contributed by atoms with Gasteiger partial charge in [0, 0.05) is 0 Å². The first-order chi connectivity index (χ1) is 6.06. The minimum Gasteiger partial charge on any atom is -0.312 e. The number of nitrogens with zero attached hydrogens (tertiary/aromatic N) is 1. The molecule has 1 unspecified atom stereocenters. The van der Waals surface area contributed by atoms with E-state index >= 15 is 0 Å². The maximum atomic E-state index is 3.65. The van der Waals surface area contributed by atoms with Gasteiger partial charge in [-0.15, -0.1) is 9.24 Å². The van der Waals surface area contributed by atoms with Crippen LogP contribution in [0, 0.1) is 0 Å². The van der Waals surface area contributed by atoms with Gasteiger partial charge in [-0.2, -0.15) is 0 Å². The standard InChI is InChI=1S/C8H9P.C3H9N/c1-2-7-3-5-8(9)6-4-7;1-4(2)3/h2-6H,1,9H2;1-3H3. The third kappa shape index (κ3) is 7.70. The molecule has 0 aliphatic rings. The summed E-state index contributed by atoms with van der Waals surface area (Å²) in [6.45, 7) is 3.65. The molecule has 0 saturated carbocycles. The second-order valence-corrected chi connectivity index (χ2v) is 3.88. The van der Waals surface area contributed by atoms with Crippen molar-refractivity contribution in [3.8, 4) is 0 Å². The van der Waals surface area contributed by atoms with Crippen molar-refractivity contribution in [1.82, 2.24) is 4.90 Å². The fraction of sp³-hybridized carbons (Fsp3) is 0.273. The molecule has 0 N–H and O–H groups in total. The van der Waals surface area contributed by atoms with E-state index in [4.69, 9.17) is 0 Å². The zero-order valence-corrected chi connectivity index (χ0v) is 9.77. The van der Waals surface area contributed by atoms with Gasteiger partial charge in [0.2, 0.25) is 0 Å². The molecule has 0 fully saturated rings. The van der Waals surface area contributed by atoms with Crippen molar-refractivity contribution in [2.75, 3.05) is 21.1 Å². The van der Waals surface area contributed by atoms with Crippen LogP contribution < -0.4 is 5.30 Å². The first kappa shape index (κ1) is 12.3. The maximum absolute atomic E-state index is 3.65. The van der Waals surface area contributed by atoms with Crippen molar-refractivity contribution < 1.29 is 0 Å². The van der Waals surface area contributed by atoms with Gasteiger partial charge in [-0.05, 0) is 32.0 Å². The van der Waals surface area contributed by atoms with E-state index in [-0.39, 0.29) is 0 Å². The Kier molecular flexibility index (Phi) is 6.48. The van der Waals surface area contributed by atoms with Gasteiger partial charge in [-0.3, -0.25) is 0 Å². The fourth-order valence-electron chi connectivity index (χ4n) is 0.632. The van der Waals surface area contributed by atoms with Gasteiger partial charge in [0.25, 0.3) is 0 Å². The van der Waals surface area contributed by atoms with Gasteiger partial charge in [-0.1, -0.05) is 36.9 Å². The zero-order chi connectivity index (χ0) is 10.3. The van der Waals surface area contributed by atoms with Crippen molar-refractivity contribution in [3.63, 3.8) is 0 Å². The van der Waals surface area contributed by atoms with Crippen LogP contribution in [0.1, 0.15) is 5.56 Å². The van der Waals surface area contributed by atoms with E-state index in [1.807, 2.05) is 56.4 Å². The van der Waals surface area contributed by atoms with E-state index in [0.717, 1.165) is 0 Å². The molecular formula is C11H18NP. The first-order valence-electron chi connectivity index (χ1n) is 4.15. The third-order valence-corrected chi connectivity index (χ3v) is 1.56. The van der Waals surface area contributed by atoms with Crippen LogP contribution in [0.4, 0.5) is 0 Å². The predicted octanol–water partition coefficient (Wildman–Crippen LogP) is 2.01. The summed E-state index contributed by atoms with van der Waals surface area (Å²) < 4.78 is 0. The summed E-state index contributed by atoms with van der Waals surface area (Å²) in [6, 6.07) is 8.16. The predicted molar refractivity (Wildman–Crippen MR) is 65.5 cm³/mol. The highest BCUT2D eigenvalue weighted by Gasteiger charge is 1.82. The SMILES string of the molecule is C=Cc1ccc(P)cc1.CN(C)C. The lowest BCUT2D eigenvalue weighted by molar-refractivity contribution is 0.505. The van der Waals surface area contributed by atoms with E-state index in [2.05, 4.69) is 15.8 Å². The Morgan fingerprint density at radius 1 is 1.15 bits per heavy atom. The van der Waals surface area contributed by atoms with Crippen LogP contribution in [0.25, 0.3) is 6.08 Å². The van der Waals surface area contributed by atoms with Crippen molar-refractivity contribution in [1.29, 1.82) is 0 Å². The molecule has 72 valence electrons. The molecule has 13 heavy (non-hydrogen) atoms. The summed E-state index contributed by atoms with van der Waals surface area (Å²) in [6.07, 6.45) is 1.84. The van der Waals surface area contributed by atoms with E-state index < -0.39 is 0 Å². The Hall–Kier alpha value is -0.650. The van der Waals surface area contributed by atoms with Crippen molar-refractivity contribution >= 4 is 20.6 Å². The van der Waals surface area contributed by atoms with Crippen LogP contribution in [0.15, 0.2) is 30.8 Å². The van der Waals surface area contributed by atoms with E-state index in [0.29, 0.717) is 0 Å². The molecule has 2 heteroatoms. The third-order valence-electron chi connectivity index (χ3n) is 1.17. The average molecular weight is 195 g/mol. The summed E-state index contributed by atoms with van der Waals surface area (Å²) in [5, 5.41) is 1.21. The lowest BCUT2D eigenvalue weighted by atomic mass is 10.2. The highest BCUT2D eigenvalue weighted by molar-refractivity contribution is 7.27. The van der Waals surface area contributed by atoms with E-state index in [1.165, 1.54) is 10.9 Å². The summed E-state index contributed by atoms with van der Waals surface area (Å²) in [4.78, 5) is 2.00. The van der Waals surface area contributed by atoms with Crippen LogP contribution in [-0.4, -0.2) is 26.0 Å². The van der Waals surface area contributed by atoms with E-state index in [9.17, 15) is 0 Å². The number of hydrogen-bond donors (Lipinski definition) is 0. The van der Waals surface area contributed by atoms with Crippen LogP contribution in [-0.2, 0) is 0 Å². The summed E-state index contributed by atoms with van der Waals surface area (Å²) in [5.41, 5.74) is 1.17. The molecule has 0 aliphatic carbocycles. The monoisotopic (exact) mass is 195 g/mol. The van der Waals surface area contributed by atoms with Gasteiger partial charge >= 0.3 is 0 Å². The molecule has 1 atom stereocenters. The Bertz CT molecular complexity index is 236. The van der Waals surface area contributed by atoms with Crippen LogP contribution in [0.5, 0.6) is 0 Å². The molecule has 0 amide bonds. The van der Waals surface area contributed by atoms with Crippen LogP contribution >= 0.6 is 9.24 Å². The minimum atomic E-state index is 1.17. The summed E-state index contributed by atoms with van der Waals surface area (Å²) in [5.74, 6) is 0. The van der Waals surface area contributed by atoms with Gasteiger partial charge in [-0.25, -0.2) is 0 Å². The highest BCUT2D eigenvalue weighted by atomic mass is 31.0.